The molecule has 0 aliphatic carbocycles. The van der Waals surface area contributed by atoms with Crippen LogP contribution in [-0.2, 0) is 6.54 Å². The Morgan fingerprint density at radius 3 is 2.56 bits per heavy atom. The lowest BCUT2D eigenvalue weighted by Crippen LogP contribution is -2.18. The van der Waals surface area contributed by atoms with Gasteiger partial charge in [-0.25, -0.2) is 4.39 Å². The van der Waals surface area contributed by atoms with E-state index >= 15 is 0 Å². The molecule has 0 saturated carbocycles. The second kappa shape index (κ2) is 9.05. The van der Waals surface area contributed by atoms with Gasteiger partial charge >= 0.3 is 0 Å². The van der Waals surface area contributed by atoms with Gasteiger partial charge in [0.05, 0.1) is 19.9 Å². The average Bonchev–Trinajstić information content (AvgIpc) is 2.66. The Morgan fingerprint density at radius 1 is 1.19 bits per heavy atom. The van der Waals surface area contributed by atoms with Gasteiger partial charge in [0, 0.05) is 34.5 Å². The first-order chi connectivity index (χ1) is 12.8. The van der Waals surface area contributed by atoms with Gasteiger partial charge < -0.3 is 31.4 Å². The van der Waals surface area contributed by atoms with Crippen LogP contribution < -0.4 is 26.3 Å². The van der Waals surface area contributed by atoms with E-state index in [4.69, 9.17) is 32.5 Å². The molecule has 0 unspecified atom stereocenters. The summed E-state index contributed by atoms with van der Waals surface area (Å²) in [6, 6.07) is 9.32. The minimum atomic E-state index is -0.541. The maximum absolute atomic E-state index is 14.0. The van der Waals surface area contributed by atoms with E-state index < -0.39 is 11.7 Å². The highest BCUT2D eigenvalue weighted by Gasteiger charge is 2.10. The van der Waals surface area contributed by atoms with Gasteiger partial charge in [0.1, 0.15) is 17.3 Å². The van der Waals surface area contributed by atoms with Gasteiger partial charge in [-0.05, 0) is 36.4 Å². The molecule has 0 fully saturated rings. The normalized spacial score (nSPS) is 12.4. The first-order valence-corrected chi connectivity index (χ1v) is 8.29. The van der Waals surface area contributed by atoms with E-state index in [9.17, 15) is 9.50 Å². The summed E-state index contributed by atoms with van der Waals surface area (Å²) in [6.07, 6.45) is 1.33. The summed E-state index contributed by atoms with van der Waals surface area (Å²) >= 11 is 5.88. The van der Waals surface area contributed by atoms with E-state index in [1.54, 1.807) is 25.3 Å². The van der Waals surface area contributed by atoms with Gasteiger partial charge in [-0.3, -0.25) is 0 Å². The standard InChI is InChI=1S/C19H21ClFN3O3/c1-26-13-5-3-11(18(8-13)27-2)10-24-17(19(23)25)9-16(22)14-7-12(20)4-6-15(14)21/h3-9,24-25H,10,22-23H2,1-2H3/b16-9-,19-17-. The molecular formula is C19H21ClFN3O3. The summed E-state index contributed by atoms with van der Waals surface area (Å²) in [5.41, 5.74) is 12.5. The highest BCUT2D eigenvalue weighted by Crippen LogP contribution is 2.25. The Hall–Kier alpha value is -3.06. The van der Waals surface area contributed by atoms with Crippen LogP contribution in [-0.4, -0.2) is 19.3 Å². The summed E-state index contributed by atoms with van der Waals surface area (Å²) in [5, 5.41) is 13.0. The first-order valence-electron chi connectivity index (χ1n) is 7.91. The third-order valence-corrected chi connectivity index (χ3v) is 4.01. The van der Waals surface area contributed by atoms with Crippen molar-refractivity contribution in [2.75, 3.05) is 14.2 Å². The maximum atomic E-state index is 14.0. The number of benzene rings is 2. The number of aliphatic hydroxyl groups excluding tert-OH is 1. The van der Waals surface area contributed by atoms with Crippen LogP contribution in [0.1, 0.15) is 11.1 Å². The maximum Gasteiger partial charge on any atom is 0.205 e. The van der Waals surface area contributed by atoms with Crippen molar-refractivity contribution in [3.63, 3.8) is 0 Å². The number of aliphatic hydroxyl groups is 1. The minimum absolute atomic E-state index is 0.0520. The number of allylic oxidation sites excluding steroid dienone is 1. The number of nitrogens with one attached hydrogen (secondary N) is 1. The van der Waals surface area contributed by atoms with E-state index in [1.807, 2.05) is 0 Å². The predicted molar refractivity (Wildman–Crippen MR) is 104 cm³/mol. The van der Waals surface area contributed by atoms with Crippen LogP contribution >= 0.6 is 11.6 Å². The number of nitrogens with two attached hydrogens (primary N) is 2. The summed E-state index contributed by atoms with van der Waals surface area (Å²) in [5.74, 6) is 0.206. The summed E-state index contributed by atoms with van der Waals surface area (Å²) in [4.78, 5) is 0. The van der Waals surface area contributed by atoms with Crippen molar-refractivity contribution in [1.29, 1.82) is 0 Å². The van der Waals surface area contributed by atoms with Crippen molar-refractivity contribution in [2.24, 2.45) is 11.5 Å². The van der Waals surface area contributed by atoms with Crippen LogP contribution in [0.5, 0.6) is 11.5 Å². The highest BCUT2D eigenvalue weighted by molar-refractivity contribution is 6.30. The predicted octanol–water partition coefficient (Wildman–Crippen LogP) is 3.27. The fourth-order valence-electron chi connectivity index (χ4n) is 2.36. The van der Waals surface area contributed by atoms with Crippen molar-refractivity contribution in [1.82, 2.24) is 5.32 Å². The SMILES string of the molecule is COc1ccc(CNC(/C=C(\N)c2cc(Cl)ccc2F)=C(/N)O)c(OC)c1. The van der Waals surface area contributed by atoms with Gasteiger partial charge in [-0.15, -0.1) is 0 Å². The molecule has 0 bridgehead atoms. The van der Waals surface area contributed by atoms with E-state index in [-0.39, 0.29) is 23.5 Å². The average molecular weight is 394 g/mol. The number of hydrogen-bond acceptors (Lipinski definition) is 6. The quantitative estimate of drug-likeness (QED) is 0.425. The zero-order valence-corrected chi connectivity index (χ0v) is 15.7. The number of halogens is 2. The Morgan fingerprint density at radius 2 is 1.93 bits per heavy atom. The molecule has 2 aromatic rings. The van der Waals surface area contributed by atoms with Crippen LogP contribution in [0.25, 0.3) is 5.70 Å². The largest absolute Gasteiger partial charge is 0.497 e. The third-order valence-electron chi connectivity index (χ3n) is 3.78. The third kappa shape index (κ3) is 5.21. The molecule has 0 radical (unpaired) electrons. The van der Waals surface area contributed by atoms with Crippen molar-refractivity contribution in [2.45, 2.75) is 6.54 Å². The number of hydrogen-bond donors (Lipinski definition) is 4. The molecule has 144 valence electrons. The van der Waals surface area contributed by atoms with Gasteiger partial charge in [-0.1, -0.05) is 11.6 Å². The molecule has 0 aromatic heterocycles. The van der Waals surface area contributed by atoms with E-state index in [0.29, 0.717) is 16.5 Å². The molecule has 2 aromatic carbocycles. The van der Waals surface area contributed by atoms with Gasteiger partial charge in [0.2, 0.25) is 5.88 Å². The molecule has 6 nitrogen and oxygen atoms in total. The lowest BCUT2D eigenvalue weighted by molar-refractivity contribution is 0.387. The fourth-order valence-corrected chi connectivity index (χ4v) is 2.53. The molecule has 0 atom stereocenters. The van der Waals surface area contributed by atoms with E-state index in [0.717, 1.165) is 5.56 Å². The molecule has 27 heavy (non-hydrogen) atoms. The molecule has 0 saturated heterocycles. The number of rotatable bonds is 7. The molecule has 2 rings (SSSR count). The van der Waals surface area contributed by atoms with Gasteiger partial charge in [0.25, 0.3) is 0 Å². The molecule has 6 N–H and O–H groups in total. The summed E-state index contributed by atoms with van der Waals surface area (Å²) < 4.78 is 24.4. The zero-order valence-electron chi connectivity index (χ0n) is 14.9. The molecule has 0 spiro atoms. The number of methoxy groups -OCH3 is 2. The topological polar surface area (TPSA) is 103 Å². The smallest absolute Gasteiger partial charge is 0.205 e. The van der Waals surface area contributed by atoms with Crippen LogP contribution in [0.3, 0.4) is 0 Å². The number of ether oxygens (including phenoxy) is 2. The van der Waals surface area contributed by atoms with Crippen molar-refractivity contribution in [3.05, 3.63) is 76.0 Å². The summed E-state index contributed by atoms with van der Waals surface area (Å²) in [7, 11) is 3.10. The van der Waals surface area contributed by atoms with Crippen molar-refractivity contribution < 1.29 is 19.0 Å². The van der Waals surface area contributed by atoms with E-state index in [1.165, 1.54) is 31.4 Å². The Bertz CT molecular complexity index is 880. The minimum Gasteiger partial charge on any atom is -0.497 e. The van der Waals surface area contributed by atoms with Crippen LogP contribution in [0.15, 0.2) is 54.1 Å². The Labute approximate surface area is 161 Å². The van der Waals surface area contributed by atoms with Gasteiger partial charge in [0.15, 0.2) is 0 Å². The zero-order chi connectivity index (χ0) is 20.0. The molecular weight excluding hydrogens is 373 g/mol. The van der Waals surface area contributed by atoms with Crippen LogP contribution in [0, 0.1) is 5.82 Å². The second-order valence-corrected chi connectivity index (χ2v) is 5.99. The highest BCUT2D eigenvalue weighted by atomic mass is 35.5. The molecule has 0 heterocycles. The lowest BCUT2D eigenvalue weighted by atomic mass is 10.1. The van der Waals surface area contributed by atoms with Crippen molar-refractivity contribution >= 4 is 17.3 Å². The molecule has 0 aliphatic rings. The molecule has 0 aliphatic heterocycles. The van der Waals surface area contributed by atoms with E-state index in [2.05, 4.69) is 5.32 Å². The second-order valence-electron chi connectivity index (χ2n) is 5.55. The monoisotopic (exact) mass is 393 g/mol. The first kappa shape index (κ1) is 20.3. The van der Waals surface area contributed by atoms with Crippen LogP contribution in [0.4, 0.5) is 4.39 Å². The Balaban J connectivity index is 2.25. The Kier molecular flexibility index (Phi) is 6.79. The van der Waals surface area contributed by atoms with Crippen LogP contribution in [0.2, 0.25) is 5.02 Å². The fraction of sp³-hybridized carbons (Fsp3) is 0.158. The van der Waals surface area contributed by atoms with Crippen molar-refractivity contribution in [3.8, 4) is 11.5 Å². The summed E-state index contributed by atoms with van der Waals surface area (Å²) in [6.45, 7) is 0.269. The molecule has 8 heteroatoms. The lowest BCUT2D eigenvalue weighted by Gasteiger charge is -2.14. The molecule has 0 amide bonds. The van der Waals surface area contributed by atoms with Gasteiger partial charge in [-0.2, -0.15) is 0 Å².